The number of aromatic nitrogens is 1. The van der Waals surface area contributed by atoms with Gasteiger partial charge in [-0.2, -0.15) is 0 Å². The van der Waals surface area contributed by atoms with Crippen molar-refractivity contribution in [3.05, 3.63) is 145 Å². The van der Waals surface area contributed by atoms with Gasteiger partial charge in [-0.15, -0.1) is 11.3 Å². The summed E-state index contributed by atoms with van der Waals surface area (Å²) in [5.41, 5.74) is 8.99. The van der Waals surface area contributed by atoms with E-state index in [9.17, 15) is 0 Å². The van der Waals surface area contributed by atoms with Gasteiger partial charge in [-0.25, -0.2) is 0 Å². The lowest BCUT2D eigenvalue weighted by Crippen LogP contribution is -2.08. The number of hydrogen-bond acceptors (Lipinski definition) is 1. The minimum atomic E-state index is 1.22. The Morgan fingerprint density at radius 3 is 1.98 bits per heavy atom. The maximum absolute atomic E-state index is 4.11. The lowest BCUT2D eigenvalue weighted by molar-refractivity contribution is 1.24. The molecule has 0 radical (unpaired) electrons. The summed E-state index contributed by atoms with van der Waals surface area (Å²) in [6.07, 6.45) is 4.12. The average molecular weight is 590 g/mol. The van der Waals surface area contributed by atoms with Gasteiger partial charge in [0.2, 0.25) is 0 Å². The lowest BCUT2D eigenvalue weighted by Gasteiger charge is -2.09. The number of benzene rings is 7. The summed E-state index contributed by atoms with van der Waals surface area (Å²) in [6, 6.07) is 44.8. The maximum Gasteiger partial charge on any atom is 0.0626 e. The summed E-state index contributed by atoms with van der Waals surface area (Å²) in [5, 5.41) is 13.1. The molecule has 10 aromatic rings. The van der Waals surface area contributed by atoms with Crippen molar-refractivity contribution in [3.8, 4) is 22.3 Å². The zero-order valence-corrected chi connectivity index (χ0v) is 25.6. The molecule has 3 heterocycles. The van der Waals surface area contributed by atoms with E-state index < -0.39 is 0 Å². The monoisotopic (exact) mass is 589 g/mol. The fourth-order valence-corrected chi connectivity index (χ4v) is 9.34. The second-order valence-electron chi connectivity index (χ2n) is 12.1. The van der Waals surface area contributed by atoms with Crippen molar-refractivity contribution in [1.82, 2.24) is 4.40 Å². The van der Waals surface area contributed by atoms with Gasteiger partial charge in [-0.3, -0.25) is 0 Å². The molecule has 45 heavy (non-hydrogen) atoms. The predicted molar refractivity (Wildman–Crippen MR) is 197 cm³/mol. The Kier molecular flexibility index (Phi) is 5.01. The second kappa shape index (κ2) is 9.04. The van der Waals surface area contributed by atoms with E-state index in [1.165, 1.54) is 102 Å². The van der Waals surface area contributed by atoms with E-state index in [1.807, 2.05) is 17.4 Å². The van der Waals surface area contributed by atoms with E-state index in [-0.39, 0.29) is 0 Å². The van der Waals surface area contributed by atoms with Gasteiger partial charge in [0.05, 0.1) is 16.4 Å². The molecule has 0 atom stereocenters. The number of aryl methyl sites for hydroxylation is 1. The third kappa shape index (κ3) is 3.22. The first-order valence-corrected chi connectivity index (χ1v) is 16.3. The van der Waals surface area contributed by atoms with Crippen LogP contribution in [0.5, 0.6) is 0 Å². The first-order valence-electron chi connectivity index (χ1n) is 15.5. The second-order valence-corrected chi connectivity index (χ2v) is 13.1. The quantitative estimate of drug-likeness (QED) is 0.181. The molecule has 0 unspecified atom stereocenters. The Morgan fingerprint density at radius 1 is 0.556 bits per heavy atom. The molecule has 0 N–H and O–H groups in total. The number of nitrogens with zero attached hydrogens (tertiary/aromatic N) is 1. The third-order valence-corrected chi connectivity index (χ3v) is 11.2. The molecule has 0 saturated carbocycles. The Labute approximate surface area is 263 Å². The smallest absolute Gasteiger partial charge is 0.0626 e. The van der Waals surface area contributed by atoms with Crippen molar-refractivity contribution < 1.29 is 0 Å². The van der Waals surface area contributed by atoms with Gasteiger partial charge < -0.3 is 4.40 Å². The summed E-state index contributed by atoms with van der Waals surface area (Å²) in [6.45, 7) is 6.38. The van der Waals surface area contributed by atoms with Crippen molar-refractivity contribution in [3.63, 3.8) is 0 Å². The molecule has 0 amide bonds. The normalized spacial score (nSPS) is 12.8. The van der Waals surface area contributed by atoms with Crippen molar-refractivity contribution in [2.24, 2.45) is 0 Å². The first-order chi connectivity index (χ1) is 22.2. The molecule has 0 spiro atoms. The van der Waals surface area contributed by atoms with Gasteiger partial charge in [0.25, 0.3) is 0 Å². The van der Waals surface area contributed by atoms with Crippen molar-refractivity contribution in [2.75, 3.05) is 0 Å². The van der Waals surface area contributed by atoms with Gasteiger partial charge in [0.15, 0.2) is 0 Å². The standard InChI is InChI=1S/C43H27NS/c1-3-11-38-39-25(2)28-14-7-8-15-31(28)32-21-22-33-36-24-27(20-23-37(36)44(38)41(33)40(32)39)30-17-10-19-35-34-18-9-16-29(42(34)45-43(30)35)26-12-5-4-6-13-26/h3-24H,1H2,2H3/b38-11+. The molecule has 0 bridgehead atoms. The van der Waals surface area contributed by atoms with Crippen LogP contribution in [-0.2, 0) is 0 Å². The van der Waals surface area contributed by atoms with Crippen LogP contribution in [0.3, 0.4) is 0 Å². The molecule has 0 saturated heterocycles. The van der Waals surface area contributed by atoms with E-state index in [2.05, 4.69) is 145 Å². The molecular weight excluding hydrogens is 563 g/mol. The maximum atomic E-state index is 4.11. The van der Waals surface area contributed by atoms with Gasteiger partial charge in [0.1, 0.15) is 0 Å². The summed E-state index contributed by atoms with van der Waals surface area (Å²) in [4.78, 5) is 0. The average Bonchev–Trinajstić information content (AvgIpc) is 3.75. The summed E-state index contributed by atoms with van der Waals surface area (Å²) < 4.78 is 5.17. The molecule has 0 aliphatic carbocycles. The Balaban J connectivity index is 1.28. The number of thiophene rings is 1. The molecule has 3 aromatic heterocycles. The third-order valence-electron chi connectivity index (χ3n) is 9.87. The van der Waals surface area contributed by atoms with Crippen LogP contribution in [0, 0.1) is 6.92 Å². The van der Waals surface area contributed by atoms with Crippen LogP contribution in [-0.4, -0.2) is 4.40 Å². The van der Waals surface area contributed by atoms with Crippen LogP contribution in [0.2, 0.25) is 0 Å². The van der Waals surface area contributed by atoms with Gasteiger partial charge in [0, 0.05) is 41.7 Å². The molecule has 1 nitrogen and oxygen atoms in total. The highest BCUT2D eigenvalue weighted by molar-refractivity contribution is 7.26. The Morgan fingerprint density at radius 2 is 1.22 bits per heavy atom. The van der Waals surface area contributed by atoms with E-state index in [0.29, 0.717) is 0 Å². The van der Waals surface area contributed by atoms with Gasteiger partial charge in [-0.1, -0.05) is 122 Å². The lowest BCUT2D eigenvalue weighted by atomic mass is 9.93. The highest BCUT2D eigenvalue weighted by atomic mass is 32.1. The van der Waals surface area contributed by atoms with Crippen LogP contribution in [0.1, 0.15) is 5.56 Å². The van der Waals surface area contributed by atoms with Crippen LogP contribution < -0.4 is 5.35 Å². The molecule has 0 aliphatic heterocycles. The van der Waals surface area contributed by atoms with Crippen LogP contribution in [0.15, 0.2) is 134 Å². The summed E-state index contributed by atoms with van der Waals surface area (Å²) in [5.74, 6) is 0. The molecule has 0 fully saturated rings. The fraction of sp³-hybridized carbons (Fsp3) is 0.0233. The molecule has 0 aliphatic rings. The van der Waals surface area contributed by atoms with E-state index >= 15 is 0 Å². The fourth-order valence-electron chi connectivity index (χ4n) is 7.96. The number of hydrogen-bond donors (Lipinski definition) is 0. The SMILES string of the molecule is C=C/C=c1\c2c(C)c3ccccc3c3ccc4c5cc(-c6cccc7c6sc6c(-c8ccccc8)cccc67)ccc5n1c4c23. The van der Waals surface area contributed by atoms with E-state index in [1.54, 1.807) is 0 Å². The van der Waals surface area contributed by atoms with E-state index in [0.717, 1.165) is 0 Å². The Hall–Kier alpha value is -5.44. The molecular formula is C43H27NS. The number of allylic oxidation sites excluding steroid dienone is 1. The Bertz CT molecular complexity index is 2880. The number of rotatable bonds is 3. The molecule has 7 aromatic carbocycles. The number of fused-ring (bicyclic) bond motifs is 8. The zero-order chi connectivity index (χ0) is 29.8. The van der Waals surface area contributed by atoms with Crippen LogP contribution in [0.4, 0.5) is 0 Å². The van der Waals surface area contributed by atoms with Crippen LogP contribution in [0.25, 0.3) is 97.2 Å². The molecule has 2 heteroatoms. The molecule has 210 valence electrons. The predicted octanol–water partition coefficient (Wildman–Crippen LogP) is 11.7. The van der Waals surface area contributed by atoms with Crippen molar-refractivity contribution >= 4 is 86.3 Å². The topological polar surface area (TPSA) is 4.41 Å². The summed E-state index contributed by atoms with van der Waals surface area (Å²) >= 11 is 1.91. The van der Waals surface area contributed by atoms with Gasteiger partial charge >= 0.3 is 0 Å². The van der Waals surface area contributed by atoms with Gasteiger partial charge in [-0.05, 0) is 69.1 Å². The summed E-state index contributed by atoms with van der Waals surface area (Å²) in [7, 11) is 0. The first kappa shape index (κ1) is 24.9. The van der Waals surface area contributed by atoms with Crippen LogP contribution >= 0.6 is 11.3 Å². The van der Waals surface area contributed by atoms with E-state index in [4.69, 9.17) is 0 Å². The zero-order valence-electron chi connectivity index (χ0n) is 24.8. The molecule has 10 rings (SSSR count). The largest absolute Gasteiger partial charge is 0.308 e. The van der Waals surface area contributed by atoms with Crippen molar-refractivity contribution in [1.29, 1.82) is 0 Å². The highest BCUT2D eigenvalue weighted by Gasteiger charge is 2.22. The highest BCUT2D eigenvalue weighted by Crippen LogP contribution is 2.46. The minimum Gasteiger partial charge on any atom is -0.308 e. The minimum absolute atomic E-state index is 1.22. The van der Waals surface area contributed by atoms with Crippen molar-refractivity contribution in [2.45, 2.75) is 6.92 Å².